The molecule has 1 aliphatic rings. The lowest BCUT2D eigenvalue weighted by atomic mass is 9.86. The average Bonchev–Trinajstić information content (AvgIpc) is 2.55. The fraction of sp³-hybridized carbons (Fsp3) is 0.556. The van der Waals surface area contributed by atoms with Gasteiger partial charge in [0.15, 0.2) is 0 Å². The van der Waals surface area contributed by atoms with Crippen LogP contribution in [-0.4, -0.2) is 42.0 Å². The van der Waals surface area contributed by atoms with E-state index in [9.17, 15) is 14.0 Å². The molecule has 0 aliphatic carbocycles. The molecule has 2 rings (SSSR count). The van der Waals surface area contributed by atoms with Gasteiger partial charge in [-0.3, -0.25) is 4.79 Å². The van der Waals surface area contributed by atoms with Crippen molar-refractivity contribution in [1.82, 2.24) is 10.2 Å². The number of urea groups is 1. The first-order chi connectivity index (χ1) is 11.7. The van der Waals surface area contributed by atoms with Crippen molar-refractivity contribution in [2.75, 3.05) is 18.4 Å². The Bertz CT molecular complexity index is 611. The lowest BCUT2D eigenvalue weighted by molar-refractivity contribution is -0.136. The largest absolute Gasteiger partial charge is 0.341 e. The monoisotopic (exact) mass is 386 g/mol. The number of carbonyl (C=O) groups is 2. The Hall–Kier alpha value is -1.86. The minimum Gasteiger partial charge on any atom is -0.341 e. The first-order valence-corrected chi connectivity index (χ1v) is 8.54. The minimum atomic E-state index is -0.529. The molecule has 0 bridgehead atoms. The first-order valence-electron chi connectivity index (χ1n) is 8.54. The molecule has 1 fully saturated rings. The maximum Gasteiger partial charge on any atom is 0.319 e. The Kier molecular flexibility index (Phi) is 7.84. The molecule has 26 heavy (non-hydrogen) atoms. The number of nitrogens with two attached hydrogens (primary N) is 1. The van der Waals surface area contributed by atoms with Gasteiger partial charge in [-0.05, 0) is 42.5 Å². The number of hydrogen-bond donors (Lipinski definition) is 3. The number of halogens is 2. The molecule has 1 unspecified atom stereocenters. The molecule has 8 heteroatoms. The summed E-state index contributed by atoms with van der Waals surface area (Å²) in [4.78, 5) is 26.2. The molecule has 1 atom stereocenters. The Labute approximate surface area is 160 Å². The predicted octanol–water partition coefficient (Wildman–Crippen LogP) is 2.73. The number of likely N-dealkylation sites (tertiary alicyclic amines) is 1. The van der Waals surface area contributed by atoms with Crippen molar-refractivity contribution >= 4 is 30.0 Å². The van der Waals surface area contributed by atoms with Crippen molar-refractivity contribution in [3.63, 3.8) is 0 Å². The molecule has 6 nitrogen and oxygen atoms in total. The zero-order valence-electron chi connectivity index (χ0n) is 15.4. The zero-order valence-corrected chi connectivity index (χ0v) is 16.2. The van der Waals surface area contributed by atoms with E-state index in [2.05, 4.69) is 10.6 Å². The van der Waals surface area contributed by atoms with Crippen LogP contribution in [0.1, 0.15) is 33.6 Å². The van der Waals surface area contributed by atoms with Crippen LogP contribution in [0, 0.1) is 11.2 Å². The number of carbonyl (C=O) groups excluding carboxylic acids is 2. The summed E-state index contributed by atoms with van der Waals surface area (Å²) in [6.45, 7) is 6.99. The van der Waals surface area contributed by atoms with Crippen LogP contribution in [0.25, 0.3) is 0 Å². The Morgan fingerprint density at radius 1 is 1.19 bits per heavy atom. The van der Waals surface area contributed by atoms with E-state index in [4.69, 9.17) is 5.73 Å². The van der Waals surface area contributed by atoms with Gasteiger partial charge in [0.25, 0.3) is 0 Å². The average molecular weight is 387 g/mol. The van der Waals surface area contributed by atoms with Crippen LogP contribution in [-0.2, 0) is 4.79 Å². The molecule has 146 valence electrons. The molecule has 0 spiro atoms. The molecule has 0 radical (unpaired) electrons. The summed E-state index contributed by atoms with van der Waals surface area (Å²) < 4.78 is 12.9. The van der Waals surface area contributed by atoms with Crippen LogP contribution in [0.2, 0.25) is 0 Å². The molecule has 0 aromatic heterocycles. The fourth-order valence-corrected chi connectivity index (χ4v) is 2.70. The molecule has 1 aliphatic heterocycles. The maximum atomic E-state index is 12.9. The van der Waals surface area contributed by atoms with Crippen molar-refractivity contribution in [3.05, 3.63) is 30.1 Å². The highest BCUT2D eigenvalue weighted by Gasteiger charge is 2.33. The van der Waals surface area contributed by atoms with Crippen molar-refractivity contribution < 1.29 is 14.0 Å². The second-order valence-corrected chi connectivity index (χ2v) is 7.55. The van der Waals surface area contributed by atoms with Crippen molar-refractivity contribution in [2.45, 2.75) is 45.7 Å². The number of nitrogens with one attached hydrogen (secondary N) is 2. The summed E-state index contributed by atoms with van der Waals surface area (Å²) >= 11 is 0. The van der Waals surface area contributed by atoms with Crippen LogP contribution in [0.5, 0.6) is 0 Å². The zero-order chi connectivity index (χ0) is 18.6. The fourth-order valence-electron chi connectivity index (χ4n) is 2.70. The molecule has 3 amide bonds. The second-order valence-electron chi connectivity index (χ2n) is 7.55. The number of benzene rings is 1. The number of hydrogen-bond acceptors (Lipinski definition) is 3. The van der Waals surface area contributed by atoms with Gasteiger partial charge in [0.1, 0.15) is 5.82 Å². The molecule has 4 N–H and O–H groups in total. The van der Waals surface area contributed by atoms with Gasteiger partial charge in [-0.2, -0.15) is 0 Å². The summed E-state index contributed by atoms with van der Waals surface area (Å²) in [5.41, 5.74) is 6.29. The number of anilines is 1. The third kappa shape index (κ3) is 6.14. The molecule has 1 aromatic carbocycles. The first kappa shape index (κ1) is 22.2. The van der Waals surface area contributed by atoms with E-state index in [1.54, 1.807) is 4.90 Å². The van der Waals surface area contributed by atoms with Crippen LogP contribution in [0.15, 0.2) is 24.3 Å². The smallest absolute Gasteiger partial charge is 0.319 e. The van der Waals surface area contributed by atoms with Gasteiger partial charge in [-0.15, -0.1) is 12.4 Å². The third-order valence-electron chi connectivity index (χ3n) is 4.44. The molecule has 1 heterocycles. The number of rotatable bonds is 3. The number of piperidine rings is 1. The van der Waals surface area contributed by atoms with E-state index >= 15 is 0 Å². The van der Waals surface area contributed by atoms with Crippen molar-refractivity contribution in [2.24, 2.45) is 11.1 Å². The minimum absolute atomic E-state index is 0. The van der Waals surface area contributed by atoms with Crippen molar-refractivity contribution in [1.29, 1.82) is 0 Å². The second kappa shape index (κ2) is 9.19. The normalized spacial score (nSPS) is 16.4. The molecule has 1 saturated heterocycles. The molecular formula is C18H28ClFN4O2. The van der Waals surface area contributed by atoms with E-state index in [0.29, 0.717) is 31.6 Å². The van der Waals surface area contributed by atoms with Crippen LogP contribution in [0.3, 0.4) is 0 Å². The summed E-state index contributed by atoms with van der Waals surface area (Å²) in [7, 11) is 0. The van der Waals surface area contributed by atoms with E-state index < -0.39 is 6.04 Å². The Balaban J connectivity index is 0.00000338. The van der Waals surface area contributed by atoms with Gasteiger partial charge in [0.2, 0.25) is 5.91 Å². The quantitative estimate of drug-likeness (QED) is 0.746. The van der Waals surface area contributed by atoms with Gasteiger partial charge >= 0.3 is 6.03 Å². The van der Waals surface area contributed by atoms with Gasteiger partial charge in [0, 0.05) is 24.8 Å². The van der Waals surface area contributed by atoms with Crippen LogP contribution < -0.4 is 16.4 Å². The topological polar surface area (TPSA) is 87.5 Å². The van der Waals surface area contributed by atoms with Gasteiger partial charge in [-0.25, -0.2) is 9.18 Å². The highest BCUT2D eigenvalue weighted by Crippen LogP contribution is 2.21. The Morgan fingerprint density at radius 2 is 1.73 bits per heavy atom. The van der Waals surface area contributed by atoms with E-state index in [0.717, 1.165) is 0 Å². The molecule has 1 aromatic rings. The van der Waals surface area contributed by atoms with E-state index in [1.807, 2.05) is 20.8 Å². The lowest BCUT2D eigenvalue weighted by Crippen LogP contribution is -2.54. The van der Waals surface area contributed by atoms with E-state index in [1.165, 1.54) is 24.3 Å². The molecule has 0 saturated carbocycles. The molecular weight excluding hydrogens is 359 g/mol. The predicted molar refractivity (Wildman–Crippen MR) is 103 cm³/mol. The van der Waals surface area contributed by atoms with E-state index in [-0.39, 0.29) is 41.6 Å². The summed E-state index contributed by atoms with van der Waals surface area (Å²) in [6, 6.07) is 4.72. The highest BCUT2D eigenvalue weighted by atomic mass is 35.5. The summed E-state index contributed by atoms with van der Waals surface area (Å²) in [6.07, 6.45) is 1.36. The number of amides is 3. The Morgan fingerprint density at radius 3 is 2.23 bits per heavy atom. The summed E-state index contributed by atoms with van der Waals surface area (Å²) in [5, 5.41) is 5.56. The van der Waals surface area contributed by atoms with Crippen LogP contribution >= 0.6 is 12.4 Å². The van der Waals surface area contributed by atoms with Gasteiger partial charge in [0.05, 0.1) is 6.04 Å². The SMILES string of the molecule is CC(C)(C)C(N)C(=O)N1CCC(NC(=O)Nc2ccc(F)cc2)CC1.Cl. The highest BCUT2D eigenvalue weighted by molar-refractivity contribution is 5.89. The summed E-state index contributed by atoms with van der Waals surface area (Å²) in [5.74, 6) is -0.391. The lowest BCUT2D eigenvalue weighted by Gasteiger charge is -2.36. The third-order valence-corrected chi connectivity index (χ3v) is 4.44. The maximum absolute atomic E-state index is 12.9. The number of nitrogens with zero attached hydrogens (tertiary/aromatic N) is 1. The van der Waals surface area contributed by atoms with Gasteiger partial charge in [-0.1, -0.05) is 20.8 Å². The van der Waals surface area contributed by atoms with Crippen molar-refractivity contribution in [3.8, 4) is 0 Å². The standard InChI is InChI=1S/C18H27FN4O2.ClH/c1-18(2,3)15(20)16(24)23-10-8-14(9-11-23)22-17(25)21-13-6-4-12(19)5-7-13;/h4-7,14-15H,8-11,20H2,1-3H3,(H2,21,22,25);1H. The van der Waals surface area contributed by atoms with Crippen LogP contribution in [0.4, 0.5) is 14.9 Å². The van der Waals surface area contributed by atoms with Gasteiger partial charge < -0.3 is 21.3 Å².